The van der Waals surface area contributed by atoms with E-state index in [-0.39, 0.29) is 10.8 Å². The molecule has 0 bridgehead atoms. The van der Waals surface area contributed by atoms with Crippen LogP contribution < -0.4 is 9.64 Å². The molecule has 1 atom stereocenters. The van der Waals surface area contributed by atoms with Gasteiger partial charge in [0.25, 0.3) is 5.91 Å². The number of anilines is 1. The van der Waals surface area contributed by atoms with Crippen molar-refractivity contribution in [2.24, 2.45) is 0 Å². The van der Waals surface area contributed by atoms with Crippen LogP contribution in [-0.2, 0) is 11.3 Å². The number of fused-ring (bicyclic) bond motifs is 1. The minimum atomic E-state index is -0.481. The number of carbonyl (C=O) groups excluding carboxylic acids is 1. The number of nitro groups is 1. The number of amides is 1. The van der Waals surface area contributed by atoms with Gasteiger partial charge < -0.3 is 9.64 Å². The molecular formula is C25H24N2O4. The summed E-state index contributed by atoms with van der Waals surface area (Å²) in [6.07, 6.45) is 9.28. The molecule has 0 saturated carbocycles. The van der Waals surface area contributed by atoms with Crippen LogP contribution in [0.3, 0.4) is 0 Å². The van der Waals surface area contributed by atoms with Gasteiger partial charge in [-0.1, -0.05) is 54.1 Å². The van der Waals surface area contributed by atoms with Crippen LogP contribution in [0.2, 0.25) is 0 Å². The predicted molar refractivity (Wildman–Crippen MR) is 120 cm³/mol. The van der Waals surface area contributed by atoms with Gasteiger partial charge in [0.15, 0.2) is 0 Å². The summed E-state index contributed by atoms with van der Waals surface area (Å²) in [4.78, 5) is 25.7. The van der Waals surface area contributed by atoms with Crippen LogP contribution >= 0.6 is 0 Å². The molecule has 0 N–H and O–H groups in total. The van der Waals surface area contributed by atoms with Crippen LogP contribution in [0.5, 0.6) is 5.75 Å². The summed E-state index contributed by atoms with van der Waals surface area (Å²) in [6, 6.07) is 15.0. The molecule has 1 amide bonds. The van der Waals surface area contributed by atoms with Crippen LogP contribution in [0.15, 0.2) is 78.4 Å². The first-order chi connectivity index (χ1) is 15.1. The van der Waals surface area contributed by atoms with Gasteiger partial charge >= 0.3 is 0 Å². The lowest BCUT2D eigenvalue weighted by Crippen LogP contribution is -2.25. The Morgan fingerprint density at radius 1 is 1.19 bits per heavy atom. The smallest absolute Gasteiger partial charge is 0.259 e. The third-order valence-electron chi connectivity index (χ3n) is 5.75. The van der Waals surface area contributed by atoms with Crippen LogP contribution in [-0.4, -0.2) is 24.0 Å². The first-order valence-electron chi connectivity index (χ1n) is 10.3. The number of rotatable bonds is 6. The van der Waals surface area contributed by atoms with Gasteiger partial charge in [0.2, 0.25) is 6.04 Å². The number of hydrogen-bond acceptors (Lipinski definition) is 4. The highest BCUT2D eigenvalue weighted by atomic mass is 16.6. The molecule has 1 aliphatic carbocycles. The van der Waals surface area contributed by atoms with Crippen LogP contribution in [0, 0.1) is 10.1 Å². The molecule has 2 aliphatic rings. The maximum atomic E-state index is 13.2. The standard InChI is InChI=1S/C25H24N2O4/c1-31-21-15-11-19(12-16-21)17-26-24-8-3-2-6-22(24)23(25(26)28)7-4-5-18-9-13-20(14-10-18)27(29)30/h2-9,11-12,15-16,20H,10,13-14,17H2,1H3/b5-4+,23-7-. The molecule has 0 aromatic heterocycles. The predicted octanol–water partition coefficient (Wildman–Crippen LogP) is 4.94. The van der Waals surface area contributed by atoms with Crippen molar-refractivity contribution < 1.29 is 14.5 Å². The monoisotopic (exact) mass is 416 g/mol. The van der Waals surface area contributed by atoms with E-state index in [9.17, 15) is 14.9 Å². The van der Waals surface area contributed by atoms with Crippen molar-refractivity contribution in [3.8, 4) is 5.75 Å². The van der Waals surface area contributed by atoms with Crippen LogP contribution in [0.25, 0.3) is 5.57 Å². The highest BCUT2D eigenvalue weighted by Crippen LogP contribution is 2.37. The molecule has 0 radical (unpaired) electrons. The van der Waals surface area contributed by atoms with Crippen molar-refractivity contribution in [2.75, 3.05) is 12.0 Å². The Kier molecular flexibility index (Phi) is 5.98. The minimum Gasteiger partial charge on any atom is -0.497 e. The Bertz CT molecular complexity index is 1080. The molecule has 1 unspecified atom stereocenters. The number of carbonyl (C=O) groups is 1. The zero-order chi connectivity index (χ0) is 21.8. The van der Waals surface area contributed by atoms with Gasteiger partial charge in [0.05, 0.1) is 19.3 Å². The summed E-state index contributed by atoms with van der Waals surface area (Å²) in [5, 5.41) is 10.9. The van der Waals surface area contributed by atoms with E-state index < -0.39 is 6.04 Å². The topological polar surface area (TPSA) is 72.7 Å². The Morgan fingerprint density at radius 2 is 1.97 bits per heavy atom. The summed E-state index contributed by atoms with van der Waals surface area (Å²) < 4.78 is 5.21. The molecule has 1 heterocycles. The molecule has 6 nitrogen and oxygen atoms in total. The molecule has 2 aromatic carbocycles. The quantitative estimate of drug-likeness (QED) is 0.380. The molecule has 1 aliphatic heterocycles. The Balaban J connectivity index is 1.53. The third-order valence-corrected chi connectivity index (χ3v) is 5.75. The Morgan fingerprint density at radius 3 is 2.65 bits per heavy atom. The second-order valence-electron chi connectivity index (χ2n) is 7.69. The molecule has 31 heavy (non-hydrogen) atoms. The highest BCUT2D eigenvalue weighted by molar-refractivity contribution is 6.32. The van der Waals surface area contributed by atoms with Gasteiger partial charge in [-0.15, -0.1) is 0 Å². The van der Waals surface area contributed by atoms with Gasteiger partial charge in [0.1, 0.15) is 5.75 Å². The van der Waals surface area contributed by atoms with Gasteiger partial charge in [-0.3, -0.25) is 14.9 Å². The van der Waals surface area contributed by atoms with Crippen molar-refractivity contribution in [2.45, 2.75) is 31.8 Å². The number of methoxy groups -OCH3 is 1. The zero-order valence-electron chi connectivity index (χ0n) is 17.4. The van der Waals surface area contributed by atoms with Crippen molar-refractivity contribution in [3.63, 3.8) is 0 Å². The van der Waals surface area contributed by atoms with Crippen molar-refractivity contribution in [1.82, 2.24) is 0 Å². The largest absolute Gasteiger partial charge is 0.497 e. The van der Waals surface area contributed by atoms with E-state index in [0.717, 1.165) is 28.1 Å². The number of benzene rings is 2. The van der Waals surface area contributed by atoms with E-state index in [1.54, 1.807) is 12.0 Å². The number of nitrogens with zero attached hydrogens (tertiary/aromatic N) is 2. The van der Waals surface area contributed by atoms with Gasteiger partial charge in [0, 0.05) is 28.9 Å². The molecule has 0 fully saturated rings. The third kappa shape index (κ3) is 4.43. The average molecular weight is 416 g/mol. The molecule has 0 saturated heterocycles. The van der Waals surface area contributed by atoms with E-state index in [1.165, 1.54) is 0 Å². The van der Waals surface area contributed by atoms with Crippen LogP contribution in [0.1, 0.15) is 30.4 Å². The van der Waals surface area contributed by atoms with Crippen molar-refractivity contribution in [1.29, 1.82) is 0 Å². The molecule has 0 spiro atoms. The van der Waals surface area contributed by atoms with Crippen molar-refractivity contribution in [3.05, 3.63) is 99.6 Å². The lowest BCUT2D eigenvalue weighted by Gasteiger charge is -2.17. The Labute approximate surface area is 181 Å². The van der Waals surface area contributed by atoms with E-state index in [4.69, 9.17) is 4.74 Å². The fourth-order valence-electron chi connectivity index (χ4n) is 3.99. The molecular weight excluding hydrogens is 392 g/mol. The maximum absolute atomic E-state index is 13.2. The first kappa shape index (κ1) is 20.6. The fraction of sp³-hybridized carbons (Fsp3) is 0.240. The number of hydrogen-bond donors (Lipinski definition) is 0. The summed E-state index contributed by atoms with van der Waals surface area (Å²) in [6.45, 7) is 0.480. The summed E-state index contributed by atoms with van der Waals surface area (Å²) in [5.41, 5.74) is 4.56. The van der Waals surface area contributed by atoms with Crippen molar-refractivity contribution >= 4 is 17.2 Å². The lowest BCUT2D eigenvalue weighted by atomic mass is 9.95. The average Bonchev–Trinajstić information content (AvgIpc) is 3.06. The molecule has 2 aromatic rings. The molecule has 4 rings (SSSR count). The summed E-state index contributed by atoms with van der Waals surface area (Å²) in [5.74, 6) is 0.747. The van der Waals surface area contributed by atoms with E-state index in [2.05, 4.69) is 0 Å². The van der Waals surface area contributed by atoms with E-state index in [1.807, 2.05) is 72.8 Å². The molecule has 158 valence electrons. The van der Waals surface area contributed by atoms with Gasteiger partial charge in [-0.2, -0.15) is 0 Å². The second-order valence-corrected chi connectivity index (χ2v) is 7.69. The fourth-order valence-corrected chi connectivity index (χ4v) is 3.99. The lowest BCUT2D eigenvalue weighted by molar-refractivity contribution is -0.523. The SMILES string of the molecule is COc1ccc(CN2C(=O)/C(=C\C=C\C3=CCC([N+](=O)[O-])CC3)c3ccccc32)cc1. The molecule has 6 heteroatoms. The number of allylic oxidation sites excluding steroid dienone is 4. The maximum Gasteiger partial charge on any atom is 0.259 e. The Hall–Kier alpha value is -3.67. The van der Waals surface area contributed by atoms with Gasteiger partial charge in [-0.25, -0.2) is 0 Å². The van der Waals surface area contributed by atoms with E-state index >= 15 is 0 Å². The minimum absolute atomic E-state index is 0.0345. The van der Waals surface area contributed by atoms with Gasteiger partial charge in [-0.05, 0) is 36.3 Å². The highest BCUT2D eigenvalue weighted by Gasteiger charge is 2.31. The number of para-hydroxylation sites is 1. The number of ether oxygens (including phenoxy) is 1. The normalized spacial score (nSPS) is 19.6. The first-order valence-corrected chi connectivity index (χ1v) is 10.3. The zero-order valence-corrected chi connectivity index (χ0v) is 17.4. The second kappa shape index (κ2) is 9.00. The van der Waals surface area contributed by atoms with Crippen LogP contribution in [0.4, 0.5) is 5.69 Å². The van der Waals surface area contributed by atoms with E-state index in [0.29, 0.717) is 31.4 Å². The summed E-state index contributed by atoms with van der Waals surface area (Å²) in [7, 11) is 1.63. The summed E-state index contributed by atoms with van der Waals surface area (Å²) >= 11 is 0.